The van der Waals surface area contributed by atoms with Crippen LogP contribution in [0, 0.1) is 0 Å². The number of benzene rings is 5. The van der Waals surface area contributed by atoms with E-state index in [2.05, 4.69) is 118 Å². The van der Waals surface area contributed by atoms with Crippen LogP contribution in [0.2, 0.25) is 0 Å². The van der Waals surface area contributed by atoms with Crippen LogP contribution in [0.5, 0.6) is 0 Å². The molecule has 10 rings (SSSR count). The van der Waals surface area contributed by atoms with Crippen LogP contribution in [0.25, 0.3) is 82.5 Å². The van der Waals surface area contributed by atoms with Crippen LogP contribution in [0.3, 0.4) is 0 Å². The molecule has 0 bridgehead atoms. The summed E-state index contributed by atoms with van der Waals surface area (Å²) in [6.07, 6.45) is 6.89. The van der Waals surface area contributed by atoms with Gasteiger partial charge in [0, 0.05) is 49.0 Å². The van der Waals surface area contributed by atoms with E-state index in [0.29, 0.717) is 0 Å². The molecule has 0 aliphatic heterocycles. The minimum atomic E-state index is 1.09. The highest BCUT2D eigenvalue weighted by molar-refractivity contribution is 6.25. The summed E-state index contributed by atoms with van der Waals surface area (Å²) in [4.78, 5) is 0. The number of fused-ring (bicyclic) bond motifs is 12. The first-order valence-corrected chi connectivity index (χ1v) is 13.5. The van der Waals surface area contributed by atoms with E-state index in [1.54, 1.807) is 0 Å². The fourth-order valence-electron chi connectivity index (χ4n) is 7.50. The predicted octanol–water partition coefficient (Wildman–Crippen LogP) is 9.46. The van der Waals surface area contributed by atoms with E-state index in [0.717, 1.165) is 12.8 Å². The molecule has 0 fully saturated rings. The lowest BCUT2D eigenvalue weighted by Gasteiger charge is -2.09. The second-order valence-electron chi connectivity index (χ2n) is 10.9. The van der Waals surface area contributed by atoms with Crippen LogP contribution in [0.15, 0.2) is 103 Å². The SMILES string of the molecule is C1=Cc2c(n3c4ccccc4c4cc(-c5cc6c7ccccc7n7c8ccccc8c(c5)c67)cc2c43)CC1. The molecule has 5 aromatic carbocycles. The summed E-state index contributed by atoms with van der Waals surface area (Å²) < 4.78 is 4.99. The Labute approximate surface area is 218 Å². The molecular weight excluding hydrogens is 460 g/mol. The summed E-state index contributed by atoms with van der Waals surface area (Å²) in [5, 5.41) is 9.39. The molecule has 0 unspecified atom stereocenters. The van der Waals surface area contributed by atoms with E-state index in [-0.39, 0.29) is 0 Å². The molecule has 2 nitrogen and oxygen atoms in total. The Balaban J connectivity index is 1.39. The normalized spacial score (nSPS) is 14.0. The molecule has 2 heteroatoms. The number of rotatable bonds is 1. The summed E-state index contributed by atoms with van der Waals surface area (Å²) in [6.45, 7) is 0. The number of allylic oxidation sites excluding steroid dienone is 1. The van der Waals surface area contributed by atoms with E-state index in [9.17, 15) is 0 Å². The van der Waals surface area contributed by atoms with Crippen molar-refractivity contribution in [2.75, 3.05) is 0 Å². The minimum Gasteiger partial charge on any atom is -0.312 e. The third-order valence-electron chi connectivity index (χ3n) is 9.01. The zero-order chi connectivity index (χ0) is 24.5. The zero-order valence-electron chi connectivity index (χ0n) is 20.7. The van der Waals surface area contributed by atoms with Gasteiger partial charge in [-0.2, -0.15) is 0 Å². The van der Waals surface area contributed by atoms with Gasteiger partial charge in [-0.05, 0) is 66.4 Å². The molecule has 9 aromatic rings. The second kappa shape index (κ2) is 6.54. The standard InChI is InChI=1S/C36H22N2/c1-5-13-31-23(9-1)27-17-21(18-28-24-10-2-6-14-32(24)37(31)35(27)28)22-19-29-25-11-3-7-15-33(25)38-34-16-8-4-12-26(34)30(20-22)36(29)38/h1-7,9-15,17-20H,8,16H2. The molecule has 0 atom stereocenters. The Morgan fingerprint density at radius 2 is 0.947 bits per heavy atom. The molecule has 0 amide bonds. The summed E-state index contributed by atoms with van der Waals surface area (Å²) in [6, 6.07) is 36.4. The van der Waals surface area contributed by atoms with Crippen molar-refractivity contribution in [1.82, 2.24) is 8.80 Å². The molecule has 4 aromatic heterocycles. The van der Waals surface area contributed by atoms with Gasteiger partial charge in [-0.1, -0.05) is 66.7 Å². The lowest BCUT2D eigenvalue weighted by Crippen LogP contribution is -1.96. The van der Waals surface area contributed by atoms with Gasteiger partial charge in [-0.3, -0.25) is 0 Å². The van der Waals surface area contributed by atoms with Gasteiger partial charge in [0.25, 0.3) is 0 Å². The minimum absolute atomic E-state index is 1.09. The number of hydrogen-bond acceptors (Lipinski definition) is 0. The Morgan fingerprint density at radius 1 is 0.474 bits per heavy atom. The average Bonchev–Trinajstić information content (AvgIpc) is 3.70. The molecule has 0 saturated carbocycles. The van der Waals surface area contributed by atoms with Gasteiger partial charge < -0.3 is 8.80 Å². The van der Waals surface area contributed by atoms with E-state index in [1.165, 1.54) is 87.7 Å². The van der Waals surface area contributed by atoms with Crippen LogP contribution in [-0.2, 0) is 6.42 Å². The number of aromatic nitrogens is 2. The van der Waals surface area contributed by atoms with Crippen molar-refractivity contribution in [3.05, 3.63) is 114 Å². The monoisotopic (exact) mass is 482 g/mol. The van der Waals surface area contributed by atoms with E-state index in [4.69, 9.17) is 0 Å². The van der Waals surface area contributed by atoms with Gasteiger partial charge in [0.2, 0.25) is 0 Å². The summed E-state index contributed by atoms with van der Waals surface area (Å²) in [5.41, 5.74) is 12.0. The van der Waals surface area contributed by atoms with Gasteiger partial charge in [-0.15, -0.1) is 0 Å². The first-order valence-electron chi connectivity index (χ1n) is 13.5. The number of para-hydroxylation sites is 3. The summed E-state index contributed by atoms with van der Waals surface area (Å²) >= 11 is 0. The average molecular weight is 483 g/mol. The van der Waals surface area contributed by atoms with E-state index < -0.39 is 0 Å². The highest BCUT2D eigenvalue weighted by Gasteiger charge is 2.23. The molecule has 4 heterocycles. The second-order valence-corrected chi connectivity index (χ2v) is 10.9. The quantitative estimate of drug-likeness (QED) is 0.220. The predicted molar refractivity (Wildman–Crippen MR) is 161 cm³/mol. The van der Waals surface area contributed by atoms with Crippen LogP contribution >= 0.6 is 0 Å². The largest absolute Gasteiger partial charge is 0.312 e. The van der Waals surface area contributed by atoms with Gasteiger partial charge in [-0.25, -0.2) is 0 Å². The van der Waals surface area contributed by atoms with Crippen molar-refractivity contribution >= 4 is 71.4 Å². The molecule has 0 saturated heterocycles. The molecule has 176 valence electrons. The lowest BCUT2D eigenvalue weighted by molar-refractivity contribution is 0.926. The van der Waals surface area contributed by atoms with E-state index in [1.807, 2.05) is 0 Å². The maximum absolute atomic E-state index is 2.54. The molecule has 0 spiro atoms. The van der Waals surface area contributed by atoms with Crippen LogP contribution in [0.4, 0.5) is 0 Å². The smallest absolute Gasteiger partial charge is 0.0620 e. The Kier molecular flexibility index (Phi) is 3.32. The molecule has 1 aliphatic carbocycles. The maximum atomic E-state index is 2.54. The van der Waals surface area contributed by atoms with Crippen molar-refractivity contribution in [2.24, 2.45) is 0 Å². The first kappa shape index (κ1) is 19.3. The van der Waals surface area contributed by atoms with Gasteiger partial charge in [0.05, 0.1) is 27.6 Å². The lowest BCUT2D eigenvalue weighted by atomic mass is 9.94. The molecule has 38 heavy (non-hydrogen) atoms. The third-order valence-corrected chi connectivity index (χ3v) is 9.01. The maximum Gasteiger partial charge on any atom is 0.0620 e. The highest BCUT2D eigenvalue weighted by Crippen LogP contribution is 2.45. The van der Waals surface area contributed by atoms with Crippen molar-refractivity contribution in [2.45, 2.75) is 12.8 Å². The third kappa shape index (κ3) is 2.14. The topological polar surface area (TPSA) is 8.82 Å². The molecular formula is C36H22N2. The Morgan fingerprint density at radius 3 is 1.53 bits per heavy atom. The molecule has 0 radical (unpaired) electrons. The van der Waals surface area contributed by atoms with Crippen LogP contribution < -0.4 is 0 Å². The highest BCUT2D eigenvalue weighted by atomic mass is 14.9. The Hall–Kier alpha value is -4.82. The van der Waals surface area contributed by atoms with Crippen molar-refractivity contribution < 1.29 is 0 Å². The molecule has 0 N–H and O–H groups in total. The number of hydrogen-bond donors (Lipinski definition) is 0. The van der Waals surface area contributed by atoms with Crippen molar-refractivity contribution in [1.29, 1.82) is 0 Å². The summed E-state index contributed by atoms with van der Waals surface area (Å²) in [5.74, 6) is 0. The number of aryl methyl sites for hydroxylation is 1. The van der Waals surface area contributed by atoms with Gasteiger partial charge in [0.1, 0.15) is 0 Å². The van der Waals surface area contributed by atoms with E-state index >= 15 is 0 Å². The van der Waals surface area contributed by atoms with Crippen molar-refractivity contribution in [3.63, 3.8) is 0 Å². The van der Waals surface area contributed by atoms with Crippen LogP contribution in [0.1, 0.15) is 17.7 Å². The first-order chi connectivity index (χ1) is 18.9. The van der Waals surface area contributed by atoms with Gasteiger partial charge in [0.15, 0.2) is 0 Å². The number of nitrogens with zero attached hydrogens (tertiary/aromatic N) is 2. The van der Waals surface area contributed by atoms with Gasteiger partial charge >= 0.3 is 0 Å². The zero-order valence-corrected chi connectivity index (χ0v) is 20.7. The summed E-state index contributed by atoms with van der Waals surface area (Å²) in [7, 11) is 0. The fourth-order valence-corrected chi connectivity index (χ4v) is 7.50. The Bertz CT molecular complexity index is 2360. The van der Waals surface area contributed by atoms with Crippen LogP contribution in [-0.4, -0.2) is 8.80 Å². The fraction of sp³-hybridized carbons (Fsp3) is 0.0556. The van der Waals surface area contributed by atoms with Crippen molar-refractivity contribution in [3.8, 4) is 11.1 Å². The molecule has 1 aliphatic rings.